The number of rotatable bonds is 4. The molecule has 82 valence electrons. The molecule has 4 heteroatoms. The molecule has 15 heavy (non-hydrogen) atoms. The van der Waals surface area contributed by atoms with Gasteiger partial charge in [-0.25, -0.2) is 0 Å². The lowest BCUT2D eigenvalue weighted by Crippen LogP contribution is -2.54. The van der Waals surface area contributed by atoms with Gasteiger partial charge in [-0.2, -0.15) is 0 Å². The lowest BCUT2D eigenvalue weighted by molar-refractivity contribution is -0.426. The first-order chi connectivity index (χ1) is 7.15. The van der Waals surface area contributed by atoms with Crippen molar-refractivity contribution in [2.75, 3.05) is 6.61 Å². The normalized spacial score (nSPS) is 12.2. The van der Waals surface area contributed by atoms with Crippen molar-refractivity contribution < 1.29 is 15.3 Å². The molecule has 1 aromatic carbocycles. The standard InChI is InChI=1S/C11H14BrNO2/c1-2-15-11(14)7-10(13)8-5-3-4-6-9(8)12/h3-6,10H,2,7,13H2,1H3/p+1/t10-/m1/s1. The summed E-state index contributed by atoms with van der Waals surface area (Å²) in [4.78, 5) is 11.3. The van der Waals surface area contributed by atoms with Crippen molar-refractivity contribution in [3.8, 4) is 0 Å². The summed E-state index contributed by atoms with van der Waals surface area (Å²) in [5.41, 5.74) is 4.99. The monoisotopic (exact) mass is 272 g/mol. The van der Waals surface area contributed by atoms with Crippen LogP contribution in [-0.4, -0.2) is 12.6 Å². The minimum absolute atomic E-state index is 0.0698. The van der Waals surface area contributed by atoms with Crippen LogP contribution in [0.3, 0.4) is 0 Å². The Morgan fingerprint density at radius 3 is 2.80 bits per heavy atom. The van der Waals surface area contributed by atoms with Crippen LogP contribution in [0.5, 0.6) is 0 Å². The van der Waals surface area contributed by atoms with Gasteiger partial charge in [-0.15, -0.1) is 0 Å². The molecule has 3 nitrogen and oxygen atoms in total. The average molecular weight is 273 g/mol. The number of halogens is 1. The Balaban J connectivity index is 2.65. The molecule has 1 aromatic rings. The van der Waals surface area contributed by atoms with E-state index >= 15 is 0 Å². The predicted octanol–water partition coefficient (Wildman–Crippen LogP) is 1.69. The fourth-order valence-electron chi connectivity index (χ4n) is 1.34. The van der Waals surface area contributed by atoms with Crippen LogP contribution in [0, 0.1) is 0 Å². The summed E-state index contributed by atoms with van der Waals surface area (Å²) in [6, 6.07) is 7.70. The SMILES string of the molecule is CCOC(=O)C[C@@H]([NH3+])c1ccccc1Br. The third kappa shape index (κ3) is 3.64. The van der Waals surface area contributed by atoms with E-state index in [1.807, 2.05) is 24.3 Å². The van der Waals surface area contributed by atoms with Gasteiger partial charge in [0.1, 0.15) is 12.5 Å². The fraction of sp³-hybridized carbons (Fsp3) is 0.364. The Kier molecular flexibility index (Phi) is 4.78. The molecule has 0 fully saturated rings. The molecule has 0 saturated heterocycles. The zero-order valence-corrected chi connectivity index (χ0v) is 10.3. The molecule has 3 N–H and O–H groups in total. The highest BCUT2D eigenvalue weighted by atomic mass is 79.9. The Labute approximate surface area is 97.7 Å². The summed E-state index contributed by atoms with van der Waals surface area (Å²) < 4.78 is 5.86. The van der Waals surface area contributed by atoms with Crippen molar-refractivity contribution in [3.05, 3.63) is 34.3 Å². The van der Waals surface area contributed by atoms with Gasteiger partial charge in [-0.3, -0.25) is 4.79 Å². The first kappa shape index (κ1) is 12.2. The van der Waals surface area contributed by atoms with Gasteiger partial charge in [-0.05, 0) is 13.0 Å². The van der Waals surface area contributed by atoms with Crippen molar-refractivity contribution in [2.24, 2.45) is 0 Å². The number of carbonyl (C=O) groups is 1. The second kappa shape index (κ2) is 5.88. The van der Waals surface area contributed by atoms with Gasteiger partial charge in [0.15, 0.2) is 0 Å². The minimum atomic E-state index is -0.201. The van der Waals surface area contributed by atoms with Crippen molar-refractivity contribution >= 4 is 21.9 Å². The third-order valence-corrected chi connectivity index (χ3v) is 2.79. The molecule has 1 atom stereocenters. The smallest absolute Gasteiger partial charge is 0.312 e. The lowest BCUT2D eigenvalue weighted by atomic mass is 10.1. The predicted molar refractivity (Wildman–Crippen MR) is 61.0 cm³/mol. The summed E-state index contributed by atoms with van der Waals surface area (Å²) in [6.45, 7) is 2.22. The Morgan fingerprint density at radius 1 is 1.53 bits per heavy atom. The second-order valence-corrected chi connectivity index (χ2v) is 4.08. The highest BCUT2D eigenvalue weighted by molar-refractivity contribution is 9.10. The fourth-order valence-corrected chi connectivity index (χ4v) is 1.95. The van der Waals surface area contributed by atoms with Crippen LogP contribution < -0.4 is 5.73 Å². The Morgan fingerprint density at radius 2 is 2.20 bits per heavy atom. The van der Waals surface area contributed by atoms with Crippen molar-refractivity contribution in [1.82, 2.24) is 0 Å². The van der Waals surface area contributed by atoms with E-state index in [0.29, 0.717) is 13.0 Å². The number of esters is 1. The van der Waals surface area contributed by atoms with E-state index in [9.17, 15) is 4.79 Å². The molecular formula is C11H15BrNO2+. The maximum absolute atomic E-state index is 11.3. The van der Waals surface area contributed by atoms with Gasteiger partial charge in [0.05, 0.1) is 6.61 Å². The van der Waals surface area contributed by atoms with Crippen LogP contribution in [-0.2, 0) is 9.53 Å². The molecule has 0 amide bonds. The summed E-state index contributed by atoms with van der Waals surface area (Å²) in [7, 11) is 0. The number of ether oxygens (including phenoxy) is 1. The molecular weight excluding hydrogens is 258 g/mol. The van der Waals surface area contributed by atoms with Gasteiger partial charge in [0.25, 0.3) is 0 Å². The van der Waals surface area contributed by atoms with E-state index in [1.165, 1.54) is 0 Å². The maximum Gasteiger partial charge on any atom is 0.312 e. The minimum Gasteiger partial charge on any atom is -0.466 e. The first-order valence-electron chi connectivity index (χ1n) is 4.88. The van der Waals surface area contributed by atoms with Crippen molar-refractivity contribution in [3.63, 3.8) is 0 Å². The van der Waals surface area contributed by atoms with Crippen LogP contribution >= 0.6 is 15.9 Å². The van der Waals surface area contributed by atoms with Crippen LogP contribution in [0.2, 0.25) is 0 Å². The summed E-state index contributed by atoms with van der Waals surface area (Å²) in [6.07, 6.45) is 0.316. The van der Waals surface area contributed by atoms with Gasteiger partial charge >= 0.3 is 5.97 Å². The van der Waals surface area contributed by atoms with Crippen LogP contribution in [0.4, 0.5) is 0 Å². The zero-order valence-electron chi connectivity index (χ0n) is 8.70. The number of hydrogen-bond acceptors (Lipinski definition) is 2. The molecule has 0 heterocycles. The lowest BCUT2D eigenvalue weighted by Gasteiger charge is -2.09. The van der Waals surface area contributed by atoms with Crippen molar-refractivity contribution in [2.45, 2.75) is 19.4 Å². The first-order valence-corrected chi connectivity index (χ1v) is 5.67. The topological polar surface area (TPSA) is 53.9 Å². The molecule has 0 aliphatic carbocycles. The van der Waals surface area contributed by atoms with Gasteiger partial charge in [0, 0.05) is 10.0 Å². The van der Waals surface area contributed by atoms with Crippen LogP contribution in [0.1, 0.15) is 24.9 Å². The van der Waals surface area contributed by atoms with E-state index < -0.39 is 0 Å². The number of quaternary nitrogens is 1. The van der Waals surface area contributed by atoms with Crippen LogP contribution in [0.15, 0.2) is 28.7 Å². The average Bonchev–Trinajstić information content (AvgIpc) is 2.18. The van der Waals surface area contributed by atoms with E-state index in [4.69, 9.17) is 4.74 Å². The van der Waals surface area contributed by atoms with E-state index in [2.05, 4.69) is 21.7 Å². The van der Waals surface area contributed by atoms with E-state index in [-0.39, 0.29) is 12.0 Å². The second-order valence-electron chi connectivity index (χ2n) is 3.23. The molecule has 1 rings (SSSR count). The number of carbonyl (C=O) groups excluding carboxylic acids is 1. The van der Waals surface area contributed by atoms with E-state index in [0.717, 1.165) is 10.0 Å². The van der Waals surface area contributed by atoms with Crippen molar-refractivity contribution in [1.29, 1.82) is 0 Å². The Bertz CT molecular complexity index is 341. The molecule has 0 saturated carbocycles. The van der Waals surface area contributed by atoms with Gasteiger partial charge < -0.3 is 10.5 Å². The van der Waals surface area contributed by atoms with Crippen LogP contribution in [0.25, 0.3) is 0 Å². The van der Waals surface area contributed by atoms with Gasteiger partial charge in [0.2, 0.25) is 0 Å². The highest BCUT2D eigenvalue weighted by Crippen LogP contribution is 2.22. The molecule has 0 aliphatic heterocycles. The Hall–Kier alpha value is -0.870. The summed E-state index contributed by atoms with van der Waals surface area (Å²) in [5.74, 6) is -0.201. The zero-order chi connectivity index (χ0) is 11.3. The van der Waals surface area contributed by atoms with Gasteiger partial charge in [-0.1, -0.05) is 34.1 Å². The number of benzene rings is 1. The number of hydrogen-bond donors (Lipinski definition) is 1. The molecule has 0 aliphatic rings. The molecule has 0 aromatic heterocycles. The molecule has 0 bridgehead atoms. The maximum atomic E-state index is 11.3. The largest absolute Gasteiger partial charge is 0.466 e. The quantitative estimate of drug-likeness (QED) is 0.849. The highest BCUT2D eigenvalue weighted by Gasteiger charge is 2.17. The molecule has 0 unspecified atom stereocenters. The molecule has 0 spiro atoms. The summed E-state index contributed by atoms with van der Waals surface area (Å²) >= 11 is 3.43. The summed E-state index contributed by atoms with van der Waals surface area (Å²) in [5, 5.41) is 0. The molecule has 0 radical (unpaired) electrons. The third-order valence-electron chi connectivity index (χ3n) is 2.06. The van der Waals surface area contributed by atoms with E-state index in [1.54, 1.807) is 6.92 Å².